The van der Waals surface area contributed by atoms with Crippen molar-refractivity contribution in [1.82, 2.24) is 10.2 Å². The molecule has 0 unspecified atom stereocenters. The first-order chi connectivity index (χ1) is 16.4. The number of sulfonamides is 1. The Bertz CT molecular complexity index is 1140. The van der Waals surface area contributed by atoms with E-state index in [1.165, 1.54) is 17.0 Å². The van der Waals surface area contributed by atoms with Crippen LogP contribution in [0.5, 0.6) is 0 Å². The number of nitrogens with zero attached hydrogens (tertiary/aromatic N) is 2. The summed E-state index contributed by atoms with van der Waals surface area (Å²) in [7, 11) is -3.88. The largest absolute Gasteiger partial charge is 0.354 e. The number of para-hydroxylation sites is 1. The number of halogens is 3. The average molecular weight is 563 g/mol. The van der Waals surface area contributed by atoms with Gasteiger partial charge in [0.05, 0.1) is 17.0 Å². The number of nitrogens with one attached hydrogen (secondary N) is 1. The summed E-state index contributed by atoms with van der Waals surface area (Å²) < 4.78 is 26.2. The van der Waals surface area contributed by atoms with Crippen LogP contribution in [0.3, 0.4) is 0 Å². The lowest BCUT2D eigenvalue weighted by atomic mass is 10.1. The predicted molar refractivity (Wildman–Crippen MR) is 143 cm³/mol. The third-order valence-electron chi connectivity index (χ3n) is 5.26. The van der Waals surface area contributed by atoms with E-state index < -0.39 is 28.5 Å². The van der Waals surface area contributed by atoms with Crippen LogP contribution < -0.4 is 9.62 Å². The smallest absolute Gasteiger partial charge is 0.244 e. The lowest BCUT2D eigenvalue weighted by Gasteiger charge is -2.33. The maximum Gasteiger partial charge on any atom is 0.244 e. The first-order valence-electron chi connectivity index (χ1n) is 11.1. The molecule has 11 heteroatoms. The number of carbonyl (C=O) groups excluding carboxylic acids is 2. The van der Waals surface area contributed by atoms with Gasteiger partial charge in [0.25, 0.3) is 0 Å². The van der Waals surface area contributed by atoms with E-state index in [-0.39, 0.29) is 29.1 Å². The van der Waals surface area contributed by atoms with Gasteiger partial charge >= 0.3 is 0 Å². The maximum absolute atomic E-state index is 13.7. The molecule has 0 fully saturated rings. The van der Waals surface area contributed by atoms with E-state index in [1.54, 1.807) is 37.3 Å². The Kier molecular flexibility index (Phi) is 10.7. The van der Waals surface area contributed by atoms with Crippen molar-refractivity contribution in [2.24, 2.45) is 5.92 Å². The SMILES string of the molecule is CC[C@@H](C(=O)NCC(C)C)N(Cc1c(Cl)cccc1Cl)C(=O)CN(c1ccccc1Cl)S(C)(=O)=O. The molecule has 7 nitrogen and oxygen atoms in total. The van der Waals surface area contributed by atoms with Crippen LogP contribution >= 0.6 is 34.8 Å². The van der Waals surface area contributed by atoms with Crippen molar-refractivity contribution in [3.05, 3.63) is 63.1 Å². The van der Waals surface area contributed by atoms with Crippen molar-refractivity contribution < 1.29 is 18.0 Å². The number of hydrogen-bond donors (Lipinski definition) is 1. The highest BCUT2D eigenvalue weighted by Crippen LogP contribution is 2.29. The Labute approximate surface area is 222 Å². The number of hydrogen-bond acceptors (Lipinski definition) is 4. The Balaban J connectivity index is 2.50. The second-order valence-electron chi connectivity index (χ2n) is 8.51. The molecule has 0 bridgehead atoms. The van der Waals surface area contributed by atoms with Crippen LogP contribution in [-0.2, 0) is 26.2 Å². The van der Waals surface area contributed by atoms with Gasteiger partial charge in [0, 0.05) is 28.7 Å². The molecular weight excluding hydrogens is 533 g/mol. The second kappa shape index (κ2) is 12.8. The van der Waals surface area contributed by atoms with Crippen molar-refractivity contribution in [2.45, 2.75) is 39.8 Å². The van der Waals surface area contributed by atoms with E-state index in [0.717, 1.165) is 10.6 Å². The zero-order valence-corrected chi connectivity index (χ0v) is 23.2. The number of carbonyl (C=O) groups is 2. The molecule has 0 saturated heterocycles. The van der Waals surface area contributed by atoms with Crippen LogP contribution in [0.2, 0.25) is 15.1 Å². The minimum absolute atomic E-state index is 0.0783. The van der Waals surface area contributed by atoms with E-state index in [9.17, 15) is 18.0 Å². The minimum atomic E-state index is -3.88. The third kappa shape index (κ3) is 8.00. The van der Waals surface area contributed by atoms with Gasteiger partial charge in [-0.05, 0) is 36.6 Å². The zero-order valence-electron chi connectivity index (χ0n) is 20.1. The molecule has 0 aliphatic carbocycles. The first-order valence-corrected chi connectivity index (χ1v) is 14.1. The van der Waals surface area contributed by atoms with Crippen molar-refractivity contribution in [3.63, 3.8) is 0 Å². The van der Waals surface area contributed by atoms with Crippen LogP contribution in [0.25, 0.3) is 0 Å². The van der Waals surface area contributed by atoms with Gasteiger partial charge in [0.15, 0.2) is 0 Å². The molecule has 0 aromatic heterocycles. The van der Waals surface area contributed by atoms with Gasteiger partial charge in [-0.25, -0.2) is 8.42 Å². The molecule has 2 rings (SSSR count). The molecule has 1 N–H and O–H groups in total. The van der Waals surface area contributed by atoms with Gasteiger partial charge in [-0.3, -0.25) is 13.9 Å². The summed E-state index contributed by atoms with van der Waals surface area (Å²) in [5.41, 5.74) is 0.626. The van der Waals surface area contributed by atoms with Crippen LogP contribution in [0.1, 0.15) is 32.8 Å². The van der Waals surface area contributed by atoms with Gasteiger partial charge in [-0.15, -0.1) is 0 Å². The van der Waals surface area contributed by atoms with Crippen LogP contribution in [0.4, 0.5) is 5.69 Å². The van der Waals surface area contributed by atoms with E-state index in [4.69, 9.17) is 34.8 Å². The van der Waals surface area contributed by atoms with Crippen molar-refractivity contribution >= 4 is 62.3 Å². The Morgan fingerprint density at radius 2 is 1.54 bits per heavy atom. The highest BCUT2D eigenvalue weighted by Gasteiger charge is 2.33. The van der Waals surface area contributed by atoms with E-state index in [1.807, 2.05) is 13.8 Å². The third-order valence-corrected chi connectivity index (χ3v) is 7.42. The van der Waals surface area contributed by atoms with Gasteiger partial charge in [-0.2, -0.15) is 0 Å². The average Bonchev–Trinajstić information content (AvgIpc) is 2.77. The topological polar surface area (TPSA) is 86.8 Å². The molecule has 2 amide bonds. The summed E-state index contributed by atoms with van der Waals surface area (Å²) >= 11 is 19.0. The lowest BCUT2D eigenvalue weighted by Crippen LogP contribution is -2.52. The summed E-state index contributed by atoms with van der Waals surface area (Å²) in [4.78, 5) is 28.1. The molecule has 192 valence electrons. The molecule has 0 saturated carbocycles. The molecule has 35 heavy (non-hydrogen) atoms. The zero-order chi connectivity index (χ0) is 26.3. The molecule has 2 aromatic rings. The summed E-state index contributed by atoms with van der Waals surface area (Å²) in [6.07, 6.45) is 1.29. The Morgan fingerprint density at radius 1 is 0.971 bits per heavy atom. The predicted octanol–water partition coefficient (Wildman–Crippen LogP) is 4.99. The van der Waals surface area contributed by atoms with Crippen LogP contribution in [-0.4, -0.2) is 50.5 Å². The fraction of sp³-hybridized carbons (Fsp3) is 0.417. The molecule has 0 heterocycles. The summed E-state index contributed by atoms with van der Waals surface area (Å²) in [6.45, 7) is 5.49. The highest BCUT2D eigenvalue weighted by molar-refractivity contribution is 7.92. The molecule has 1 atom stereocenters. The monoisotopic (exact) mass is 561 g/mol. The van der Waals surface area contributed by atoms with Gasteiger partial charge in [0.2, 0.25) is 21.8 Å². The molecule has 0 aliphatic heterocycles. The molecule has 2 aromatic carbocycles. The number of anilines is 1. The molecular formula is C24H30Cl3N3O4S. The van der Waals surface area contributed by atoms with E-state index >= 15 is 0 Å². The maximum atomic E-state index is 13.7. The van der Waals surface area contributed by atoms with E-state index in [0.29, 0.717) is 28.6 Å². The fourth-order valence-corrected chi connectivity index (χ4v) is 5.11. The highest BCUT2D eigenvalue weighted by atomic mass is 35.5. The van der Waals surface area contributed by atoms with Gasteiger partial charge in [0.1, 0.15) is 12.6 Å². The van der Waals surface area contributed by atoms with Crippen molar-refractivity contribution in [1.29, 1.82) is 0 Å². The molecule has 0 radical (unpaired) electrons. The van der Waals surface area contributed by atoms with Crippen LogP contribution in [0, 0.1) is 5.92 Å². The fourth-order valence-electron chi connectivity index (χ4n) is 3.44. The normalized spacial score (nSPS) is 12.3. The Morgan fingerprint density at radius 3 is 2.06 bits per heavy atom. The molecule has 0 aliphatic rings. The summed E-state index contributed by atoms with van der Waals surface area (Å²) in [5.74, 6) is -0.737. The number of rotatable bonds is 11. The van der Waals surface area contributed by atoms with E-state index in [2.05, 4.69) is 5.32 Å². The Hall–Kier alpha value is -2.00. The number of benzene rings is 2. The quantitative estimate of drug-likeness (QED) is 0.418. The van der Waals surface area contributed by atoms with Gasteiger partial charge in [-0.1, -0.05) is 73.8 Å². The summed E-state index contributed by atoms with van der Waals surface area (Å²) in [6, 6.07) is 10.4. The van der Waals surface area contributed by atoms with Crippen molar-refractivity contribution in [2.75, 3.05) is 23.7 Å². The summed E-state index contributed by atoms with van der Waals surface area (Å²) in [5, 5.41) is 3.69. The standard InChI is InChI=1S/C24H30Cl3N3O4S/c1-5-21(24(32)28-13-16(2)3)29(14-17-18(25)10-8-11-19(17)26)23(31)15-30(35(4,33)34)22-12-7-6-9-20(22)27/h6-12,16,21H,5,13-15H2,1-4H3,(H,28,32)/t21-/m0/s1. The molecule has 0 spiro atoms. The van der Waals surface area contributed by atoms with Gasteiger partial charge < -0.3 is 10.2 Å². The lowest BCUT2D eigenvalue weighted by molar-refractivity contribution is -0.140. The van der Waals surface area contributed by atoms with Crippen molar-refractivity contribution in [3.8, 4) is 0 Å². The number of amides is 2. The van der Waals surface area contributed by atoms with Crippen LogP contribution in [0.15, 0.2) is 42.5 Å². The second-order valence-corrected chi connectivity index (χ2v) is 11.6. The minimum Gasteiger partial charge on any atom is -0.354 e. The first kappa shape index (κ1) is 29.2.